The second kappa shape index (κ2) is 6.82. The molecule has 0 amide bonds. The highest BCUT2D eigenvalue weighted by Gasteiger charge is 2.23. The SMILES string of the molecule is Cc1cc(-c2nncc3c(-c4ccccc4)c(OC(C)c4nc[nH]n4)nn23)no1. The van der Waals surface area contributed by atoms with Gasteiger partial charge in [0.1, 0.15) is 17.6 Å². The quantitative estimate of drug-likeness (QED) is 0.488. The molecule has 0 fully saturated rings. The maximum absolute atomic E-state index is 6.15. The minimum absolute atomic E-state index is 0.410. The number of hydrogen-bond donors (Lipinski definition) is 1. The number of rotatable bonds is 5. The highest BCUT2D eigenvalue weighted by atomic mass is 16.5. The lowest BCUT2D eigenvalue weighted by molar-refractivity contribution is 0.208. The largest absolute Gasteiger partial charge is 0.465 e. The lowest BCUT2D eigenvalue weighted by Gasteiger charge is -2.10. The number of fused-ring (bicyclic) bond motifs is 1. The van der Waals surface area contributed by atoms with Crippen molar-refractivity contribution in [2.75, 3.05) is 0 Å². The van der Waals surface area contributed by atoms with E-state index in [1.54, 1.807) is 16.8 Å². The summed E-state index contributed by atoms with van der Waals surface area (Å²) >= 11 is 0. The third-order valence-electron chi connectivity index (χ3n) is 4.43. The molecule has 1 atom stereocenters. The standard InChI is InChI=1S/C19H16N8O2/c1-11-8-14(26-29-11)18-24-21-9-15-16(13-6-4-3-5-7-13)19(25-27(15)18)28-12(2)17-20-10-22-23-17/h3-10,12H,1-2H3,(H,20,22,23). The molecule has 0 aliphatic rings. The maximum atomic E-state index is 6.15. The molecule has 4 aromatic heterocycles. The summed E-state index contributed by atoms with van der Waals surface area (Å²) in [5.74, 6) is 2.08. The van der Waals surface area contributed by atoms with Gasteiger partial charge in [0, 0.05) is 6.07 Å². The molecule has 0 spiro atoms. The summed E-state index contributed by atoms with van der Waals surface area (Å²) in [6, 6.07) is 11.6. The van der Waals surface area contributed by atoms with Crippen LogP contribution < -0.4 is 4.74 Å². The van der Waals surface area contributed by atoms with E-state index in [1.807, 2.05) is 44.2 Å². The Labute approximate surface area is 164 Å². The molecule has 0 bridgehead atoms. The molecular weight excluding hydrogens is 372 g/mol. The Balaban J connectivity index is 1.70. The second-order valence-corrected chi connectivity index (χ2v) is 6.45. The van der Waals surface area contributed by atoms with Crippen molar-refractivity contribution in [3.8, 4) is 28.5 Å². The summed E-state index contributed by atoms with van der Waals surface area (Å²) in [6.45, 7) is 3.68. The van der Waals surface area contributed by atoms with Crippen molar-refractivity contribution >= 4 is 5.52 Å². The zero-order valence-electron chi connectivity index (χ0n) is 15.6. The van der Waals surface area contributed by atoms with Gasteiger partial charge in [0.25, 0.3) is 0 Å². The Kier molecular flexibility index (Phi) is 4.01. The number of nitrogens with zero attached hydrogens (tertiary/aromatic N) is 7. The zero-order valence-corrected chi connectivity index (χ0v) is 15.6. The molecule has 5 aromatic rings. The third kappa shape index (κ3) is 3.00. The summed E-state index contributed by atoms with van der Waals surface area (Å²) < 4.78 is 13.0. The van der Waals surface area contributed by atoms with E-state index in [0.717, 1.165) is 16.6 Å². The first-order valence-electron chi connectivity index (χ1n) is 8.96. The van der Waals surface area contributed by atoms with Crippen molar-refractivity contribution in [1.82, 2.24) is 40.1 Å². The molecular formula is C19H16N8O2. The van der Waals surface area contributed by atoms with Gasteiger partial charge in [0.2, 0.25) is 11.7 Å². The van der Waals surface area contributed by atoms with Crippen LogP contribution in [-0.2, 0) is 0 Å². The fourth-order valence-corrected chi connectivity index (χ4v) is 3.10. The van der Waals surface area contributed by atoms with E-state index >= 15 is 0 Å². The van der Waals surface area contributed by atoms with Gasteiger partial charge in [-0.15, -0.1) is 10.2 Å². The lowest BCUT2D eigenvalue weighted by atomic mass is 10.1. The van der Waals surface area contributed by atoms with E-state index in [2.05, 4.69) is 35.6 Å². The number of aryl methyl sites for hydroxylation is 1. The summed E-state index contributed by atoms with van der Waals surface area (Å²) in [5, 5.41) is 23.9. The zero-order chi connectivity index (χ0) is 19.8. The van der Waals surface area contributed by atoms with Crippen molar-refractivity contribution < 1.29 is 9.26 Å². The Morgan fingerprint density at radius 3 is 2.79 bits per heavy atom. The van der Waals surface area contributed by atoms with E-state index in [9.17, 15) is 0 Å². The number of H-pyrrole nitrogens is 1. The van der Waals surface area contributed by atoms with Gasteiger partial charge in [0.15, 0.2) is 17.6 Å². The average Bonchev–Trinajstić information content (AvgIpc) is 3.48. The highest BCUT2D eigenvalue weighted by Crippen LogP contribution is 2.36. The first kappa shape index (κ1) is 17.0. The first-order chi connectivity index (χ1) is 14.2. The van der Waals surface area contributed by atoms with Crippen molar-refractivity contribution in [2.45, 2.75) is 20.0 Å². The monoisotopic (exact) mass is 388 g/mol. The van der Waals surface area contributed by atoms with E-state index < -0.39 is 6.10 Å². The van der Waals surface area contributed by atoms with Crippen LogP contribution in [0.5, 0.6) is 5.88 Å². The van der Waals surface area contributed by atoms with Crippen LogP contribution in [0, 0.1) is 6.92 Å². The molecule has 1 unspecified atom stereocenters. The number of ether oxygens (including phenoxy) is 1. The van der Waals surface area contributed by atoms with Gasteiger partial charge >= 0.3 is 0 Å². The summed E-state index contributed by atoms with van der Waals surface area (Å²) in [6.07, 6.45) is 2.75. The van der Waals surface area contributed by atoms with Crippen molar-refractivity contribution in [3.05, 3.63) is 60.5 Å². The lowest BCUT2D eigenvalue weighted by Crippen LogP contribution is -2.06. The highest BCUT2D eigenvalue weighted by molar-refractivity contribution is 5.85. The smallest absolute Gasteiger partial charge is 0.242 e. The minimum Gasteiger partial charge on any atom is -0.465 e. The van der Waals surface area contributed by atoms with Crippen LogP contribution >= 0.6 is 0 Å². The van der Waals surface area contributed by atoms with Gasteiger partial charge in [0.05, 0.1) is 11.8 Å². The number of aromatic nitrogens is 8. The Morgan fingerprint density at radius 1 is 1.21 bits per heavy atom. The van der Waals surface area contributed by atoms with Gasteiger partial charge in [-0.25, -0.2) is 9.50 Å². The maximum Gasteiger partial charge on any atom is 0.242 e. The van der Waals surface area contributed by atoms with E-state index in [-0.39, 0.29) is 0 Å². The molecule has 1 N–H and O–H groups in total. The van der Waals surface area contributed by atoms with Crippen LogP contribution in [0.25, 0.3) is 28.2 Å². The van der Waals surface area contributed by atoms with Crippen LogP contribution in [0.1, 0.15) is 24.6 Å². The molecule has 1 aromatic carbocycles. The molecule has 0 saturated carbocycles. The second-order valence-electron chi connectivity index (χ2n) is 6.45. The van der Waals surface area contributed by atoms with Crippen LogP contribution in [0.3, 0.4) is 0 Å². The third-order valence-corrected chi connectivity index (χ3v) is 4.43. The number of aromatic amines is 1. The molecule has 0 saturated heterocycles. The predicted octanol–water partition coefficient (Wildman–Crippen LogP) is 3.01. The van der Waals surface area contributed by atoms with Gasteiger partial charge in [-0.05, 0) is 19.4 Å². The van der Waals surface area contributed by atoms with Gasteiger partial charge in [-0.3, -0.25) is 5.10 Å². The number of nitrogens with one attached hydrogen (secondary N) is 1. The Morgan fingerprint density at radius 2 is 2.07 bits per heavy atom. The molecule has 29 heavy (non-hydrogen) atoms. The average molecular weight is 388 g/mol. The normalized spacial score (nSPS) is 12.3. The summed E-state index contributed by atoms with van der Waals surface area (Å²) in [7, 11) is 0. The molecule has 0 radical (unpaired) electrons. The van der Waals surface area contributed by atoms with Crippen LogP contribution in [0.4, 0.5) is 0 Å². The van der Waals surface area contributed by atoms with Crippen LogP contribution in [0.2, 0.25) is 0 Å². The van der Waals surface area contributed by atoms with Crippen LogP contribution in [0.15, 0.2) is 53.4 Å². The minimum atomic E-state index is -0.410. The molecule has 10 heteroatoms. The molecule has 0 aliphatic heterocycles. The topological polar surface area (TPSA) is 120 Å². The molecule has 4 heterocycles. The molecule has 5 rings (SSSR count). The fraction of sp³-hybridized carbons (Fsp3) is 0.158. The molecule has 0 aliphatic carbocycles. The van der Waals surface area contributed by atoms with Crippen LogP contribution in [-0.4, -0.2) is 40.1 Å². The Bertz CT molecular complexity index is 1260. The van der Waals surface area contributed by atoms with E-state index in [0.29, 0.717) is 29.0 Å². The molecule has 10 nitrogen and oxygen atoms in total. The molecule has 144 valence electrons. The first-order valence-corrected chi connectivity index (χ1v) is 8.96. The summed E-state index contributed by atoms with van der Waals surface area (Å²) in [5.41, 5.74) is 3.01. The summed E-state index contributed by atoms with van der Waals surface area (Å²) in [4.78, 5) is 4.16. The van der Waals surface area contributed by atoms with Crippen molar-refractivity contribution in [3.63, 3.8) is 0 Å². The predicted molar refractivity (Wildman–Crippen MR) is 102 cm³/mol. The van der Waals surface area contributed by atoms with E-state index in [1.165, 1.54) is 6.33 Å². The van der Waals surface area contributed by atoms with Gasteiger partial charge < -0.3 is 9.26 Å². The number of hydrogen-bond acceptors (Lipinski definition) is 8. The van der Waals surface area contributed by atoms with Crippen molar-refractivity contribution in [1.29, 1.82) is 0 Å². The van der Waals surface area contributed by atoms with Gasteiger partial charge in [-0.2, -0.15) is 10.2 Å². The van der Waals surface area contributed by atoms with Gasteiger partial charge in [-0.1, -0.05) is 35.5 Å². The fourth-order valence-electron chi connectivity index (χ4n) is 3.10. The van der Waals surface area contributed by atoms with E-state index in [4.69, 9.17) is 9.26 Å². The van der Waals surface area contributed by atoms with Crippen molar-refractivity contribution in [2.24, 2.45) is 0 Å². The number of benzene rings is 1. The Hall–Kier alpha value is -4.08.